The second kappa shape index (κ2) is 7.77. The van der Waals surface area contributed by atoms with Crippen LogP contribution in [0.25, 0.3) is 16.8 Å². The quantitative estimate of drug-likeness (QED) is 0.557. The summed E-state index contributed by atoms with van der Waals surface area (Å²) in [7, 11) is 0. The molecule has 2 aliphatic heterocycles. The Kier molecular flexibility index (Phi) is 5.40. The smallest absolute Gasteiger partial charge is 0.394 e. The number of fused-ring (bicyclic) bond motifs is 1. The summed E-state index contributed by atoms with van der Waals surface area (Å²) in [5.41, 5.74) is 5.35. The maximum Gasteiger partial charge on any atom is 0.394 e. The monoisotopic (exact) mass is 435 g/mol. The van der Waals surface area contributed by atoms with Crippen molar-refractivity contribution >= 4 is 11.4 Å². The third kappa shape index (κ3) is 4.51. The van der Waals surface area contributed by atoms with Gasteiger partial charge in [0.15, 0.2) is 12.5 Å². The Labute approximate surface area is 177 Å². The normalized spacial score (nSPS) is 25.7. The summed E-state index contributed by atoms with van der Waals surface area (Å²) >= 11 is 0. The fourth-order valence-corrected chi connectivity index (χ4v) is 4.13. The number of ether oxygens (including phenoxy) is 1. The number of hydrogen-bond acceptors (Lipinski definition) is 5. The Morgan fingerprint density at radius 3 is 2.65 bits per heavy atom. The number of aromatic nitrogens is 2. The molecule has 3 unspecified atom stereocenters. The third-order valence-corrected chi connectivity index (χ3v) is 5.41. The highest BCUT2D eigenvalue weighted by Gasteiger charge is 2.38. The van der Waals surface area contributed by atoms with E-state index in [1.54, 1.807) is 0 Å². The van der Waals surface area contributed by atoms with Gasteiger partial charge in [0, 0.05) is 11.1 Å². The van der Waals surface area contributed by atoms with Crippen LogP contribution >= 0.6 is 0 Å². The third-order valence-electron chi connectivity index (χ3n) is 5.41. The van der Waals surface area contributed by atoms with E-state index in [-0.39, 0.29) is 24.5 Å². The minimum Gasteiger partial charge on any atom is -0.605 e. The molecule has 10 heteroatoms. The zero-order valence-electron chi connectivity index (χ0n) is 17.2. The van der Waals surface area contributed by atoms with Crippen LogP contribution in [0.5, 0.6) is 0 Å². The first-order valence-electron chi connectivity index (χ1n) is 10.1. The van der Waals surface area contributed by atoms with Gasteiger partial charge in [-0.05, 0) is 25.8 Å². The van der Waals surface area contributed by atoms with Crippen molar-refractivity contribution in [1.82, 2.24) is 9.55 Å². The number of hydrogen-bond donors (Lipinski definition) is 2. The molecule has 0 radical (unpaired) electrons. The van der Waals surface area contributed by atoms with E-state index in [9.17, 15) is 18.4 Å². The van der Waals surface area contributed by atoms with E-state index >= 15 is 0 Å². The molecule has 7 nitrogen and oxygen atoms in total. The summed E-state index contributed by atoms with van der Waals surface area (Å²) in [6.45, 7) is 2.80. The summed E-state index contributed by atoms with van der Waals surface area (Å²) in [6, 6.07) is 9.26. The highest BCUT2D eigenvalue weighted by Crippen LogP contribution is 2.40. The van der Waals surface area contributed by atoms with Gasteiger partial charge in [-0.15, -0.1) is 0 Å². The van der Waals surface area contributed by atoms with Crippen LogP contribution in [0.4, 0.5) is 19.0 Å². The molecule has 166 valence electrons. The molecule has 3 atom stereocenters. The van der Waals surface area contributed by atoms with Gasteiger partial charge in [-0.1, -0.05) is 36.4 Å². The lowest BCUT2D eigenvalue weighted by Gasteiger charge is -2.36. The van der Waals surface area contributed by atoms with Crippen LogP contribution in [0.2, 0.25) is 0 Å². The van der Waals surface area contributed by atoms with Gasteiger partial charge in [-0.25, -0.2) is 19.7 Å². The highest BCUT2D eigenvalue weighted by atomic mass is 19.4. The second-order valence-corrected chi connectivity index (χ2v) is 8.08. The van der Waals surface area contributed by atoms with Gasteiger partial charge in [0.05, 0.1) is 24.3 Å². The predicted molar refractivity (Wildman–Crippen MR) is 109 cm³/mol. The van der Waals surface area contributed by atoms with Crippen LogP contribution in [0.1, 0.15) is 32.3 Å². The number of halogens is 3. The van der Waals surface area contributed by atoms with Crippen molar-refractivity contribution in [2.45, 2.75) is 51.7 Å². The first-order chi connectivity index (χ1) is 14.5. The minimum absolute atomic E-state index is 0.0758. The van der Waals surface area contributed by atoms with Crippen molar-refractivity contribution in [2.75, 3.05) is 12.0 Å². The standard InChI is InChI=1S/C21H24F3N5O2/c1-13-10-16(11-14(2)31-13)17-18(15-6-4-3-5-7-15)26-20(25)28-12-29(30,27-19(17)28)9-8-21(22,23)24/h3-7,10,13-14,25,27H,8-9,11-12H2,1-2H3. The van der Waals surface area contributed by atoms with Crippen molar-refractivity contribution in [2.24, 2.45) is 0 Å². The molecule has 0 spiro atoms. The maximum atomic E-state index is 13.1. The van der Waals surface area contributed by atoms with Gasteiger partial charge in [0.2, 0.25) is 5.62 Å². The highest BCUT2D eigenvalue weighted by molar-refractivity contribution is 5.85. The Morgan fingerprint density at radius 2 is 2.00 bits per heavy atom. The number of rotatable bonds is 4. The molecule has 1 aromatic carbocycles. The van der Waals surface area contributed by atoms with E-state index in [1.165, 1.54) is 4.57 Å². The zero-order chi connectivity index (χ0) is 22.4. The number of alkyl halides is 3. The number of quaternary nitrogens is 1. The summed E-state index contributed by atoms with van der Waals surface area (Å²) < 4.78 is 44.2. The number of nitrogens with zero attached hydrogens (tertiary/aromatic N) is 3. The topological polar surface area (TPSA) is 86.0 Å². The molecule has 0 bridgehead atoms. The van der Waals surface area contributed by atoms with Crippen molar-refractivity contribution in [3.63, 3.8) is 0 Å². The van der Waals surface area contributed by atoms with Crippen LogP contribution in [0.3, 0.4) is 0 Å². The average Bonchev–Trinajstić information content (AvgIpc) is 3.04. The van der Waals surface area contributed by atoms with Gasteiger partial charge >= 0.3 is 6.18 Å². The van der Waals surface area contributed by atoms with Gasteiger partial charge in [-0.3, -0.25) is 5.41 Å². The van der Waals surface area contributed by atoms with Crippen molar-refractivity contribution in [3.8, 4) is 11.3 Å². The molecular weight excluding hydrogens is 411 g/mol. The number of nitrogens with one attached hydrogen (secondary N) is 2. The predicted octanol–water partition coefficient (Wildman–Crippen LogP) is 4.18. The zero-order valence-corrected chi connectivity index (χ0v) is 17.2. The lowest BCUT2D eigenvalue weighted by atomic mass is 9.93. The molecule has 0 fully saturated rings. The molecule has 0 saturated heterocycles. The molecule has 3 heterocycles. The van der Waals surface area contributed by atoms with Gasteiger partial charge < -0.3 is 9.94 Å². The van der Waals surface area contributed by atoms with E-state index < -0.39 is 23.9 Å². The number of hydroxylamine groups is 2. The van der Waals surface area contributed by atoms with Crippen molar-refractivity contribution in [3.05, 3.63) is 52.8 Å². The molecular formula is C21H24F3N5O2. The van der Waals surface area contributed by atoms with E-state index in [1.807, 2.05) is 50.3 Å². The summed E-state index contributed by atoms with van der Waals surface area (Å²) in [5.74, 6) is 0.323. The molecule has 2 aliphatic rings. The van der Waals surface area contributed by atoms with Gasteiger partial charge in [-0.2, -0.15) is 13.2 Å². The van der Waals surface area contributed by atoms with E-state index in [0.717, 1.165) is 11.1 Å². The molecule has 0 aliphatic carbocycles. The molecule has 2 N–H and O–H groups in total. The largest absolute Gasteiger partial charge is 0.605 e. The molecule has 1 aromatic heterocycles. The maximum absolute atomic E-state index is 13.1. The van der Waals surface area contributed by atoms with Crippen LogP contribution in [-0.2, 0) is 11.4 Å². The van der Waals surface area contributed by atoms with Gasteiger partial charge in [0.1, 0.15) is 6.54 Å². The van der Waals surface area contributed by atoms with E-state index in [4.69, 9.17) is 10.1 Å². The lowest BCUT2D eigenvalue weighted by molar-refractivity contribution is -0.875. The summed E-state index contributed by atoms with van der Waals surface area (Å²) in [4.78, 5) is 4.45. The lowest BCUT2D eigenvalue weighted by Crippen LogP contribution is -2.45. The van der Waals surface area contributed by atoms with E-state index in [0.29, 0.717) is 23.5 Å². The van der Waals surface area contributed by atoms with Crippen molar-refractivity contribution < 1.29 is 22.7 Å². The Balaban J connectivity index is 1.86. The fourth-order valence-electron chi connectivity index (χ4n) is 4.13. The van der Waals surface area contributed by atoms with E-state index in [2.05, 4.69) is 10.4 Å². The molecule has 0 amide bonds. The van der Waals surface area contributed by atoms with Crippen LogP contribution in [-0.4, -0.2) is 39.2 Å². The van der Waals surface area contributed by atoms with Crippen molar-refractivity contribution in [1.29, 1.82) is 5.41 Å². The first kappa shape index (κ1) is 21.5. The van der Waals surface area contributed by atoms with Crippen LogP contribution in [0.15, 0.2) is 36.4 Å². The second-order valence-electron chi connectivity index (χ2n) is 8.08. The van der Waals surface area contributed by atoms with Crippen LogP contribution < -0.4 is 11.0 Å². The average molecular weight is 435 g/mol. The molecule has 31 heavy (non-hydrogen) atoms. The van der Waals surface area contributed by atoms with Gasteiger partial charge in [0.25, 0.3) is 0 Å². The molecule has 0 saturated carbocycles. The summed E-state index contributed by atoms with van der Waals surface area (Å²) in [6.07, 6.45) is -3.41. The Hall–Kier alpha value is -2.69. The minimum atomic E-state index is -4.44. The molecule has 2 aromatic rings. The van der Waals surface area contributed by atoms with Crippen LogP contribution in [0, 0.1) is 10.6 Å². The Morgan fingerprint density at radius 1 is 1.29 bits per heavy atom. The Bertz CT molecular complexity index is 1070. The fraction of sp³-hybridized carbons (Fsp3) is 0.429. The number of anilines is 1. The SMILES string of the molecule is CC1C=C(c2c(-c3ccccc3)nc(=N)n3c2N[N+]([O-])(CCC(F)(F)F)C3)CC(C)O1. The first-order valence-corrected chi connectivity index (χ1v) is 10.1. The molecule has 4 rings (SSSR count). The summed E-state index contributed by atoms with van der Waals surface area (Å²) in [5, 5.41) is 21.5. The number of benzene rings is 1.